The zero-order valence-electron chi connectivity index (χ0n) is 22.8. The molecule has 2 aliphatic rings. The Kier molecular flexibility index (Phi) is 9.32. The van der Waals surface area contributed by atoms with Gasteiger partial charge in [0.1, 0.15) is 0 Å². The largest absolute Gasteiger partial charge is 0.299 e. The summed E-state index contributed by atoms with van der Waals surface area (Å²) in [5.41, 5.74) is 7.60. The summed E-state index contributed by atoms with van der Waals surface area (Å²) >= 11 is 6.35. The zero-order chi connectivity index (χ0) is 26.3. The van der Waals surface area contributed by atoms with E-state index in [4.69, 9.17) is 11.6 Å². The Balaban J connectivity index is 1.05. The number of ketones is 1. The van der Waals surface area contributed by atoms with Gasteiger partial charge in [0.2, 0.25) is 0 Å². The molecule has 4 heteroatoms. The van der Waals surface area contributed by atoms with Crippen molar-refractivity contribution in [3.8, 4) is 0 Å². The molecule has 0 aromatic heterocycles. The fourth-order valence-corrected chi connectivity index (χ4v) is 6.25. The Hall–Kier alpha value is -2.46. The van der Waals surface area contributed by atoms with E-state index in [1.165, 1.54) is 40.7 Å². The van der Waals surface area contributed by atoms with Gasteiger partial charge in [-0.1, -0.05) is 71.8 Å². The second-order valence-corrected chi connectivity index (χ2v) is 11.8. The van der Waals surface area contributed by atoms with E-state index in [9.17, 15) is 4.79 Å². The molecule has 0 amide bonds. The molecule has 200 valence electrons. The smallest absolute Gasteiger partial charge is 0.162 e. The minimum atomic E-state index is 0.310. The van der Waals surface area contributed by atoms with Crippen LogP contribution in [-0.4, -0.2) is 41.8 Å². The Bertz CT molecular complexity index is 1210. The third kappa shape index (κ3) is 7.34. The number of benzene rings is 3. The van der Waals surface area contributed by atoms with Crippen molar-refractivity contribution in [3.63, 3.8) is 0 Å². The number of nitrogens with zero attached hydrogens (tertiary/aromatic N) is 2. The van der Waals surface area contributed by atoms with Crippen LogP contribution in [0, 0.1) is 12.8 Å². The fourth-order valence-electron chi connectivity index (χ4n) is 6.05. The van der Waals surface area contributed by atoms with Gasteiger partial charge in [-0.05, 0) is 98.8 Å². The van der Waals surface area contributed by atoms with Crippen LogP contribution in [0.3, 0.4) is 0 Å². The summed E-state index contributed by atoms with van der Waals surface area (Å²) in [6.07, 6.45) is 7.34. The SMILES string of the molecule is Cc1ccc(CN2CCc3ccc(C(=O)CCCC4CCN(Cc5ccccc5Cl)CC4)cc3CC2)cc1. The van der Waals surface area contributed by atoms with Gasteiger partial charge < -0.3 is 0 Å². The summed E-state index contributed by atoms with van der Waals surface area (Å²) in [6, 6.07) is 23.5. The highest BCUT2D eigenvalue weighted by Crippen LogP contribution is 2.26. The van der Waals surface area contributed by atoms with Crippen LogP contribution in [0.25, 0.3) is 0 Å². The van der Waals surface area contributed by atoms with Gasteiger partial charge in [-0.25, -0.2) is 0 Å². The summed E-state index contributed by atoms with van der Waals surface area (Å²) in [6.45, 7) is 8.44. The topological polar surface area (TPSA) is 23.6 Å². The number of hydrogen-bond acceptors (Lipinski definition) is 3. The molecule has 0 saturated carbocycles. The van der Waals surface area contributed by atoms with E-state index in [1.807, 2.05) is 12.1 Å². The van der Waals surface area contributed by atoms with Crippen LogP contribution >= 0.6 is 11.6 Å². The minimum absolute atomic E-state index is 0.310. The van der Waals surface area contributed by atoms with Gasteiger partial charge in [0.15, 0.2) is 5.78 Å². The second kappa shape index (κ2) is 13.1. The molecular formula is C34H41ClN2O. The van der Waals surface area contributed by atoms with Gasteiger partial charge in [-0.3, -0.25) is 14.6 Å². The highest BCUT2D eigenvalue weighted by atomic mass is 35.5. The van der Waals surface area contributed by atoms with E-state index < -0.39 is 0 Å². The van der Waals surface area contributed by atoms with Gasteiger partial charge in [-0.15, -0.1) is 0 Å². The molecule has 0 unspecified atom stereocenters. The van der Waals surface area contributed by atoms with Crippen molar-refractivity contribution in [1.82, 2.24) is 9.80 Å². The van der Waals surface area contributed by atoms with E-state index in [0.29, 0.717) is 12.2 Å². The van der Waals surface area contributed by atoms with Crippen LogP contribution in [-0.2, 0) is 25.9 Å². The van der Waals surface area contributed by atoms with Crippen molar-refractivity contribution >= 4 is 17.4 Å². The Morgan fingerprint density at radius 3 is 2.32 bits per heavy atom. The number of hydrogen-bond donors (Lipinski definition) is 0. The van der Waals surface area contributed by atoms with Gasteiger partial charge in [0.05, 0.1) is 0 Å². The molecule has 0 radical (unpaired) electrons. The molecule has 2 aliphatic heterocycles. The number of rotatable bonds is 9. The average Bonchev–Trinajstić information content (AvgIpc) is 3.14. The first-order valence-electron chi connectivity index (χ1n) is 14.4. The molecule has 0 aliphatic carbocycles. The lowest BCUT2D eigenvalue weighted by atomic mass is 9.90. The molecule has 3 aromatic carbocycles. The van der Waals surface area contributed by atoms with Crippen molar-refractivity contribution in [2.24, 2.45) is 5.92 Å². The molecule has 1 fully saturated rings. The van der Waals surface area contributed by atoms with Gasteiger partial charge in [0, 0.05) is 43.2 Å². The molecule has 5 rings (SSSR count). The second-order valence-electron chi connectivity index (χ2n) is 11.4. The summed E-state index contributed by atoms with van der Waals surface area (Å²) in [5.74, 6) is 1.04. The molecule has 0 atom stereocenters. The quantitative estimate of drug-likeness (QED) is 0.268. The molecule has 3 aromatic rings. The van der Waals surface area contributed by atoms with E-state index in [0.717, 1.165) is 81.5 Å². The average molecular weight is 529 g/mol. The molecule has 0 N–H and O–H groups in total. The monoisotopic (exact) mass is 528 g/mol. The van der Waals surface area contributed by atoms with Gasteiger partial charge in [-0.2, -0.15) is 0 Å². The van der Waals surface area contributed by atoms with Gasteiger partial charge >= 0.3 is 0 Å². The van der Waals surface area contributed by atoms with Crippen LogP contribution in [0.5, 0.6) is 0 Å². The number of carbonyl (C=O) groups is 1. The third-order valence-corrected chi connectivity index (χ3v) is 8.89. The molecule has 3 nitrogen and oxygen atoms in total. The lowest BCUT2D eigenvalue weighted by molar-refractivity contribution is 0.0974. The maximum atomic E-state index is 13.0. The van der Waals surface area contributed by atoms with E-state index in [-0.39, 0.29) is 0 Å². The number of halogens is 1. The number of fused-ring (bicyclic) bond motifs is 1. The molecular weight excluding hydrogens is 488 g/mol. The van der Waals surface area contributed by atoms with Crippen molar-refractivity contribution in [3.05, 3.63) is 105 Å². The minimum Gasteiger partial charge on any atom is -0.299 e. The first-order chi connectivity index (χ1) is 18.5. The van der Waals surface area contributed by atoms with E-state index in [2.05, 4.69) is 71.3 Å². The maximum Gasteiger partial charge on any atom is 0.162 e. The Labute approximate surface area is 233 Å². The number of Topliss-reactive ketones (excluding diaryl/α,β-unsaturated/α-hetero) is 1. The van der Waals surface area contributed by atoms with Gasteiger partial charge in [0.25, 0.3) is 0 Å². The van der Waals surface area contributed by atoms with Crippen molar-refractivity contribution in [1.29, 1.82) is 0 Å². The van der Waals surface area contributed by atoms with Crippen LogP contribution in [0.2, 0.25) is 5.02 Å². The maximum absolute atomic E-state index is 13.0. The highest BCUT2D eigenvalue weighted by Gasteiger charge is 2.21. The number of piperidine rings is 1. The Morgan fingerprint density at radius 2 is 1.55 bits per heavy atom. The summed E-state index contributed by atoms with van der Waals surface area (Å²) in [5, 5.41) is 0.866. The van der Waals surface area contributed by atoms with Crippen LogP contribution in [0.1, 0.15) is 70.3 Å². The number of likely N-dealkylation sites (tertiary alicyclic amines) is 1. The zero-order valence-corrected chi connectivity index (χ0v) is 23.6. The standard InChI is InChI=1S/C34H41ClN2O/c1-26-9-11-28(12-10-26)24-36-21-17-29-13-14-31(23-30(29)18-22-36)34(38)8-4-5-27-15-19-37(20-16-27)25-32-6-2-3-7-33(32)35/h2-3,6-7,9-14,23,27H,4-5,8,15-22,24-25H2,1H3. The lowest BCUT2D eigenvalue weighted by Gasteiger charge is -2.32. The predicted molar refractivity (Wildman–Crippen MR) is 158 cm³/mol. The fraction of sp³-hybridized carbons (Fsp3) is 0.441. The molecule has 2 heterocycles. The van der Waals surface area contributed by atoms with E-state index >= 15 is 0 Å². The van der Waals surface area contributed by atoms with Crippen LogP contribution in [0.15, 0.2) is 66.7 Å². The summed E-state index contributed by atoms with van der Waals surface area (Å²) in [7, 11) is 0. The first-order valence-corrected chi connectivity index (χ1v) is 14.8. The van der Waals surface area contributed by atoms with Crippen molar-refractivity contribution < 1.29 is 4.79 Å². The van der Waals surface area contributed by atoms with Crippen LogP contribution < -0.4 is 0 Å². The number of aryl methyl sites for hydroxylation is 1. The summed E-state index contributed by atoms with van der Waals surface area (Å²) < 4.78 is 0. The van der Waals surface area contributed by atoms with Crippen LogP contribution in [0.4, 0.5) is 0 Å². The third-order valence-electron chi connectivity index (χ3n) is 8.52. The van der Waals surface area contributed by atoms with Crippen molar-refractivity contribution in [2.75, 3.05) is 26.2 Å². The predicted octanol–water partition coefficient (Wildman–Crippen LogP) is 7.51. The Morgan fingerprint density at radius 1 is 0.842 bits per heavy atom. The lowest BCUT2D eigenvalue weighted by Crippen LogP contribution is -2.33. The molecule has 0 spiro atoms. The number of carbonyl (C=O) groups excluding carboxylic acids is 1. The van der Waals surface area contributed by atoms with E-state index in [1.54, 1.807) is 0 Å². The molecule has 0 bridgehead atoms. The van der Waals surface area contributed by atoms with Crippen molar-refractivity contribution in [2.45, 2.75) is 65.0 Å². The first kappa shape index (κ1) is 27.1. The molecule has 1 saturated heterocycles. The highest BCUT2D eigenvalue weighted by molar-refractivity contribution is 6.31. The summed E-state index contributed by atoms with van der Waals surface area (Å²) in [4.78, 5) is 18.1. The molecule has 38 heavy (non-hydrogen) atoms. The normalized spacial score (nSPS) is 17.2.